The fraction of sp³-hybridized carbons (Fsp3) is 0.579. The first-order valence-electron chi connectivity index (χ1n) is 8.49. The summed E-state index contributed by atoms with van der Waals surface area (Å²) in [4.78, 5) is 23.9. The smallest absolute Gasteiger partial charge is 0.306 e. The van der Waals surface area contributed by atoms with Gasteiger partial charge in [0.1, 0.15) is 0 Å². The second-order valence-corrected chi connectivity index (χ2v) is 6.69. The Kier molecular flexibility index (Phi) is 6.20. The number of hydrogen-bond donors (Lipinski definition) is 1. The minimum Gasteiger partial charge on any atom is -0.456 e. The van der Waals surface area contributed by atoms with Crippen LogP contribution in [0.4, 0.5) is 5.69 Å². The average Bonchev–Trinajstić information content (AvgIpc) is 2.50. The maximum atomic E-state index is 12.0. The van der Waals surface area contributed by atoms with Gasteiger partial charge in [0.2, 0.25) is 0 Å². The summed E-state index contributed by atoms with van der Waals surface area (Å²) < 4.78 is 5.13. The Hall–Kier alpha value is -1.84. The van der Waals surface area contributed by atoms with Crippen molar-refractivity contribution in [3.8, 4) is 0 Å². The lowest BCUT2D eigenvalue weighted by Gasteiger charge is -2.20. The monoisotopic (exact) mass is 317 g/mol. The summed E-state index contributed by atoms with van der Waals surface area (Å²) in [7, 11) is 0. The normalized spacial score (nSPS) is 15.3. The lowest BCUT2D eigenvalue weighted by atomic mass is 9.87. The molecule has 1 aromatic carbocycles. The van der Waals surface area contributed by atoms with Gasteiger partial charge in [-0.05, 0) is 50.7 Å². The van der Waals surface area contributed by atoms with Crippen LogP contribution < -0.4 is 5.32 Å². The number of aryl methyl sites for hydroxylation is 3. The van der Waals surface area contributed by atoms with Crippen LogP contribution in [-0.2, 0) is 14.3 Å². The predicted octanol–water partition coefficient (Wildman–Crippen LogP) is 4.06. The Bertz CT molecular complexity index is 551. The van der Waals surface area contributed by atoms with Crippen LogP contribution in [-0.4, -0.2) is 18.5 Å². The van der Waals surface area contributed by atoms with Crippen molar-refractivity contribution in [2.24, 2.45) is 5.92 Å². The number of carbonyl (C=O) groups excluding carboxylic acids is 2. The molecule has 0 saturated heterocycles. The van der Waals surface area contributed by atoms with E-state index in [1.165, 1.54) is 19.3 Å². The topological polar surface area (TPSA) is 55.4 Å². The number of hydrogen-bond acceptors (Lipinski definition) is 3. The Morgan fingerprint density at radius 2 is 1.70 bits per heavy atom. The zero-order valence-corrected chi connectivity index (χ0v) is 14.4. The molecule has 0 aromatic heterocycles. The standard InChI is InChI=1S/C19H27NO3/c1-13-9-14(2)19(15(3)10-13)20-17(21)12-23-18(22)11-16-7-5-4-6-8-16/h9-10,16H,4-8,11-12H2,1-3H3,(H,20,21). The molecule has 0 radical (unpaired) electrons. The molecule has 0 bridgehead atoms. The Labute approximate surface area is 138 Å². The van der Waals surface area contributed by atoms with Crippen molar-refractivity contribution in [1.82, 2.24) is 0 Å². The summed E-state index contributed by atoms with van der Waals surface area (Å²) in [5, 5.41) is 2.85. The molecule has 0 heterocycles. The quantitative estimate of drug-likeness (QED) is 0.833. The number of nitrogens with one attached hydrogen (secondary N) is 1. The largest absolute Gasteiger partial charge is 0.456 e. The summed E-state index contributed by atoms with van der Waals surface area (Å²) in [5.74, 6) is -0.109. The van der Waals surface area contributed by atoms with Crippen LogP contribution in [0.2, 0.25) is 0 Å². The molecule has 126 valence electrons. The van der Waals surface area contributed by atoms with E-state index in [0.29, 0.717) is 12.3 Å². The summed E-state index contributed by atoms with van der Waals surface area (Å²) in [5.41, 5.74) is 4.01. The minimum atomic E-state index is -0.281. The van der Waals surface area contributed by atoms with E-state index in [-0.39, 0.29) is 18.5 Å². The molecule has 0 atom stereocenters. The zero-order chi connectivity index (χ0) is 16.8. The number of benzene rings is 1. The molecule has 2 rings (SSSR count). The van der Waals surface area contributed by atoms with Crippen LogP contribution in [0.25, 0.3) is 0 Å². The van der Waals surface area contributed by atoms with Gasteiger partial charge in [0.25, 0.3) is 5.91 Å². The van der Waals surface area contributed by atoms with E-state index < -0.39 is 0 Å². The molecule has 1 aliphatic rings. The summed E-state index contributed by atoms with van der Waals surface area (Å²) in [6, 6.07) is 4.05. The summed E-state index contributed by atoms with van der Waals surface area (Å²) in [6.45, 7) is 5.74. The Morgan fingerprint density at radius 3 is 2.30 bits per heavy atom. The lowest BCUT2D eigenvalue weighted by molar-refractivity contribution is -0.148. The predicted molar refractivity (Wildman–Crippen MR) is 91.4 cm³/mol. The molecule has 4 nitrogen and oxygen atoms in total. The molecule has 4 heteroatoms. The van der Waals surface area contributed by atoms with E-state index in [0.717, 1.165) is 35.2 Å². The second kappa shape index (κ2) is 8.14. The van der Waals surface area contributed by atoms with Crippen LogP contribution in [0.5, 0.6) is 0 Å². The van der Waals surface area contributed by atoms with Crippen LogP contribution in [0.1, 0.15) is 55.2 Å². The van der Waals surface area contributed by atoms with Gasteiger partial charge >= 0.3 is 5.97 Å². The first kappa shape index (κ1) is 17.5. The van der Waals surface area contributed by atoms with E-state index >= 15 is 0 Å². The molecule has 1 amide bonds. The van der Waals surface area contributed by atoms with Crippen LogP contribution >= 0.6 is 0 Å². The maximum Gasteiger partial charge on any atom is 0.306 e. The zero-order valence-electron chi connectivity index (χ0n) is 14.4. The van der Waals surface area contributed by atoms with Gasteiger partial charge in [-0.25, -0.2) is 0 Å². The number of anilines is 1. The minimum absolute atomic E-state index is 0.210. The van der Waals surface area contributed by atoms with Crippen LogP contribution in [0, 0.1) is 26.7 Å². The molecule has 1 saturated carbocycles. The van der Waals surface area contributed by atoms with Crippen molar-refractivity contribution < 1.29 is 14.3 Å². The molecular formula is C19H27NO3. The number of ether oxygens (including phenoxy) is 1. The van der Waals surface area contributed by atoms with E-state index in [9.17, 15) is 9.59 Å². The lowest BCUT2D eigenvalue weighted by Crippen LogP contribution is -2.23. The molecule has 23 heavy (non-hydrogen) atoms. The summed E-state index contributed by atoms with van der Waals surface area (Å²) in [6.07, 6.45) is 6.31. The van der Waals surface area contributed by atoms with Gasteiger partial charge in [-0.1, -0.05) is 37.0 Å². The summed E-state index contributed by atoms with van der Waals surface area (Å²) >= 11 is 0. The highest BCUT2D eigenvalue weighted by atomic mass is 16.5. The van der Waals surface area contributed by atoms with Gasteiger partial charge in [0, 0.05) is 12.1 Å². The highest BCUT2D eigenvalue weighted by Crippen LogP contribution is 2.26. The average molecular weight is 317 g/mol. The molecule has 1 N–H and O–H groups in total. The van der Waals surface area contributed by atoms with Gasteiger partial charge < -0.3 is 10.1 Å². The molecule has 1 aliphatic carbocycles. The number of rotatable bonds is 5. The third-order valence-electron chi connectivity index (χ3n) is 4.49. The molecular weight excluding hydrogens is 290 g/mol. The SMILES string of the molecule is Cc1cc(C)c(NC(=O)COC(=O)CC2CCCCC2)c(C)c1. The van der Waals surface area contributed by atoms with Crippen LogP contribution in [0.15, 0.2) is 12.1 Å². The van der Waals surface area contributed by atoms with Crippen molar-refractivity contribution >= 4 is 17.6 Å². The fourth-order valence-electron chi connectivity index (χ4n) is 3.38. The van der Waals surface area contributed by atoms with Crippen molar-refractivity contribution in [2.75, 3.05) is 11.9 Å². The van der Waals surface area contributed by atoms with Crippen LogP contribution in [0.3, 0.4) is 0 Å². The number of amides is 1. The highest BCUT2D eigenvalue weighted by molar-refractivity contribution is 5.94. The van der Waals surface area contributed by atoms with Crippen molar-refractivity contribution in [2.45, 2.75) is 59.3 Å². The van der Waals surface area contributed by atoms with Crippen molar-refractivity contribution in [3.05, 3.63) is 28.8 Å². The molecule has 0 aliphatic heterocycles. The van der Waals surface area contributed by atoms with E-state index in [1.54, 1.807) is 0 Å². The highest BCUT2D eigenvalue weighted by Gasteiger charge is 2.18. The van der Waals surface area contributed by atoms with Gasteiger partial charge in [-0.15, -0.1) is 0 Å². The van der Waals surface area contributed by atoms with Gasteiger partial charge in [-0.3, -0.25) is 9.59 Å². The van der Waals surface area contributed by atoms with Crippen molar-refractivity contribution in [1.29, 1.82) is 0 Å². The number of carbonyl (C=O) groups is 2. The molecule has 0 unspecified atom stereocenters. The second-order valence-electron chi connectivity index (χ2n) is 6.69. The van der Waals surface area contributed by atoms with Crippen molar-refractivity contribution in [3.63, 3.8) is 0 Å². The van der Waals surface area contributed by atoms with Gasteiger partial charge in [-0.2, -0.15) is 0 Å². The third kappa shape index (κ3) is 5.38. The Morgan fingerprint density at radius 1 is 1.09 bits per heavy atom. The molecule has 0 spiro atoms. The van der Waals surface area contributed by atoms with E-state index in [4.69, 9.17) is 4.74 Å². The molecule has 1 aromatic rings. The fourth-order valence-corrected chi connectivity index (χ4v) is 3.38. The Balaban J connectivity index is 1.80. The first-order chi connectivity index (χ1) is 11.0. The maximum absolute atomic E-state index is 12.0. The van der Waals surface area contributed by atoms with E-state index in [1.807, 2.05) is 32.9 Å². The first-order valence-corrected chi connectivity index (χ1v) is 8.49. The van der Waals surface area contributed by atoms with Gasteiger partial charge in [0.15, 0.2) is 6.61 Å². The van der Waals surface area contributed by atoms with Gasteiger partial charge in [0.05, 0.1) is 0 Å². The molecule has 1 fully saturated rings. The third-order valence-corrected chi connectivity index (χ3v) is 4.49. The van der Waals surface area contributed by atoms with E-state index in [2.05, 4.69) is 5.32 Å². The number of esters is 1.